The first-order valence-corrected chi connectivity index (χ1v) is 8.19. The van der Waals surface area contributed by atoms with Crippen LogP contribution in [0.3, 0.4) is 0 Å². The monoisotopic (exact) mass is 356 g/mol. The maximum Gasteiger partial charge on any atom is 0.257 e. The lowest BCUT2D eigenvalue weighted by Gasteiger charge is -2.10. The molecule has 0 saturated heterocycles. The van der Waals surface area contributed by atoms with E-state index in [1.165, 1.54) is 18.6 Å². The highest BCUT2D eigenvalue weighted by Crippen LogP contribution is 2.16. The van der Waals surface area contributed by atoms with Crippen molar-refractivity contribution in [2.45, 2.75) is 26.4 Å². The molecule has 0 fully saturated rings. The fourth-order valence-corrected chi connectivity index (χ4v) is 2.61. The van der Waals surface area contributed by atoms with Crippen molar-refractivity contribution in [3.8, 4) is 0 Å². The van der Waals surface area contributed by atoms with Gasteiger partial charge in [-0.3, -0.25) is 4.79 Å². The minimum Gasteiger partial charge on any atom is -0.345 e. The molecule has 0 saturated carbocycles. The molecule has 0 radical (unpaired) electrons. The van der Waals surface area contributed by atoms with Gasteiger partial charge in [0.1, 0.15) is 23.5 Å². The number of carbonyl (C=O) groups excluding carboxylic acids is 1. The minimum atomic E-state index is -0.892. The standard InChI is InChI=1S/C19H18F2N4O/c1-13-7-8-15(20)17(18(13)21)19(26)22-11-16-24-23-12-25(16)10-9-14-5-3-2-4-6-14/h2-8,12H,9-11H2,1H3,(H,22,26). The van der Waals surface area contributed by atoms with E-state index < -0.39 is 23.1 Å². The number of hydrogen-bond donors (Lipinski definition) is 1. The normalized spacial score (nSPS) is 10.7. The second kappa shape index (κ2) is 7.86. The molecule has 1 amide bonds. The maximum absolute atomic E-state index is 14.0. The summed E-state index contributed by atoms with van der Waals surface area (Å²) in [6, 6.07) is 12.3. The van der Waals surface area contributed by atoms with Crippen LogP contribution in [0.25, 0.3) is 0 Å². The zero-order valence-corrected chi connectivity index (χ0v) is 14.2. The Bertz CT molecular complexity index is 909. The summed E-state index contributed by atoms with van der Waals surface area (Å²) in [7, 11) is 0. The zero-order valence-electron chi connectivity index (χ0n) is 14.2. The summed E-state index contributed by atoms with van der Waals surface area (Å²) in [5, 5.41) is 10.3. The van der Waals surface area contributed by atoms with E-state index in [9.17, 15) is 13.6 Å². The van der Waals surface area contributed by atoms with Crippen molar-refractivity contribution in [2.75, 3.05) is 0 Å². The van der Waals surface area contributed by atoms with E-state index in [1.807, 2.05) is 30.3 Å². The first-order chi connectivity index (χ1) is 12.6. The third-order valence-electron chi connectivity index (χ3n) is 4.10. The van der Waals surface area contributed by atoms with Crippen LogP contribution >= 0.6 is 0 Å². The number of aromatic nitrogens is 3. The molecule has 0 aliphatic rings. The van der Waals surface area contributed by atoms with E-state index in [-0.39, 0.29) is 12.1 Å². The lowest BCUT2D eigenvalue weighted by atomic mass is 10.1. The first kappa shape index (κ1) is 17.7. The largest absolute Gasteiger partial charge is 0.345 e. The molecule has 0 unspecified atom stereocenters. The van der Waals surface area contributed by atoms with Gasteiger partial charge in [0.25, 0.3) is 5.91 Å². The van der Waals surface area contributed by atoms with Gasteiger partial charge in [-0.1, -0.05) is 36.4 Å². The van der Waals surface area contributed by atoms with Crippen molar-refractivity contribution in [2.24, 2.45) is 0 Å². The van der Waals surface area contributed by atoms with E-state index in [0.717, 1.165) is 12.5 Å². The van der Waals surface area contributed by atoms with Gasteiger partial charge in [-0.2, -0.15) is 0 Å². The van der Waals surface area contributed by atoms with Crippen LogP contribution in [-0.4, -0.2) is 20.7 Å². The van der Waals surface area contributed by atoms with E-state index in [2.05, 4.69) is 15.5 Å². The van der Waals surface area contributed by atoms with Crippen molar-refractivity contribution in [3.63, 3.8) is 0 Å². The minimum absolute atomic E-state index is 0.0282. The van der Waals surface area contributed by atoms with Gasteiger partial charge >= 0.3 is 0 Å². The molecule has 0 bridgehead atoms. The second-order valence-electron chi connectivity index (χ2n) is 5.91. The van der Waals surface area contributed by atoms with E-state index >= 15 is 0 Å². The topological polar surface area (TPSA) is 59.8 Å². The quantitative estimate of drug-likeness (QED) is 0.739. The van der Waals surface area contributed by atoms with Crippen LogP contribution in [0.4, 0.5) is 8.78 Å². The van der Waals surface area contributed by atoms with Gasteiger partial charge in [-0.15, -0.1) is 10.2 Å². The predicted octanol–water partition coefficient (Wildman–Crippen LogP) is 3.04. The Labute approximate surface area is 149 Å². The molecule has 3 rings (SSSR count). The van der Waals surface area contributed by atoms with Crippen LogP contribution in [0.1, 0.15) is 27.3 Å². The molecule has 5 nitrogen and oxygen atoms in total. The summed E-state index contributed by atoms with van der Waals surface area (Å²) in [5.41, 5.74) is 0.794. The highest BCUT2D eigenvalue weighted by molar-refractivity contribution is 5.94. The number of amides is 1. The van der Waals surface area contributed by atoms with Crippen LogP contribution in [0.2, 0.25) is 0 Å². The highest BCUT2D eigenvalue weighted by atomic mass is 19.1. The van der Waals surface area contributed by atoms with E-state index in [4.69, 9.17) is 0 Å². The summed E-state index contributed by atoms with van der Waals surface area (Å²) in [5.74, 6) is -2.05. The first-order valence-electron chi connectivity index (χ1n) is 8.19. The molecule has 1 heterocycles. The number of aryl methyl sites for hydroxylation is 3. The average molecular weight is 356 g/mol. The molecule has 1 N–H and O–H groups in total. The lowest BCUT2D eigenvalue weighted by Crippen LogP contribution is -2.27. The van der Waals surface area contributed by atoms with Crippen molar-refractivity contribution < 1.29 is 13.6 Å². The van der Waals surface area contributed by atoms with Crippen molar-refractivity contribution >= 4 is 5.91 Å². The molecule has 134 valence electrons. The van der Waals surface area contributed by atoms with E-state index in [0.29, 0.717) is 12.4 Å². The average Bonchev–Trinajstić information content (AvgIpc) is 3.10. The maximum atomic E-state index is 14.0. The summed E-state index contributed by atoms with van der Waals surface area (Å²) in [6.45, 7) is 2.14. The van der Waals surface area contributed by atoms with Gasteiger partial charge in [0.15, 0.2) is 5.82 Å². The number of carbonyl (C=O) groups is 1. The van der Waals surface area contributed by atoms with Gasteiger partial charge in [0, 0.05) is 6.54 Å². The number of nitrogens with zero attached hydrogens (tertiary/aromatic N) is 3. The van der Waals surface area contributed by atoms with Crippen LogP contribution in [0, 0.1) is 18.6 Å². The smallest absolute Gasteiger partial charge is 0.257 e. The predicted molar refractivity (Wildman–Crippen MR) is 92.4 cm³/mol. The molecular formula is C19H18F2N4O. The molecular weight excluding hydrogens is 338 g/mol. The third-order valence-corrected chi connectivity index (χ3v) is 4.10. The number of nitrogens with one attached hydrogen (secondary N) is 1. The Balaban J connectivity index is 1.65. The van der Waals surface area contributed by atoms with Gasteiger partial charge in [0.05, 0.1) is 6.54 Å². The van der Waals surface area contributed by atoms with Crippen LogP contribution in [0.5, 0.6) is 0 Å². The van der Waals surface area contributed by atoms with Gasteiger partial charge < -0.3 is 9.88 Å². The van der Waals surface area contributed by atoms with Crippen LogP contribution in [-0.2, 0) is 19.5 Å². The van der Waals surface area contributed by atoms with Gasteiger partial charge in [-0.05, 0) is 30.5 Å². The molecule has 26 heavy (non-hydrogen) atoms. The number of halogens is 2. The molecule has 0 atom stereocenters. The Kier molecular flexibility index (Phi) is 5.36. The number of rotatable bonds is 6. The molecule has 0 aliphatic heterocycles. The molecule has 2 aromatic carbocycles. The lowest BCUT2D eigenvalue weighted by molar-refractivity contribution is 0.0940. The fourth-order valence-electron chi connectivity index (χ4n) is 2.61. The SMILES string of the molecule is Cc1ccc(F)c(C(=O)NCc2nncn2CCc2ccccc2)c1F. The summed E-state index contributed by atoms with van der Waals surface area (Å²) in [6.07, 6.45) is 2.35. The molecule has 7 heteroatoms. The van der Waals surface area contributed by atoms with Crippen LogP contribution < -0.4 is 5.32 Å². The Morgan fingerprint density at radius 3 is 2.69 bits per heavy atom. The summed E-state index contributed by atoms with van der Waals surface area (Å²) >= 11 is 0. The Morgan fingerprint density at radius 2 is 1.92 bits per heavy atom. The zero-order chi connectivity index (χ0) is 18.5. The van der Waals surface area contributed by atoms with Crippen molar-refractivity contribution in [3.05, 3.63) is 82.9 Å². The highest BCUT2D eigenvalue weighted by Gasteiger charge is 2.19. The Morgan fingerprint density at radius 1 is 1.15 bits per heavy atom. The van der Waals surface area contributed by atoms with Gasteiger partial charge in [0.2, 0.25) is 0 Å². The second-order valence-corrected chi connectivity index (χ2v) is 5.91. The Hall–Kier alpha value is -3.09. The molecule has 0 spiro atoms. The third kappa shape index (κ3) is 3.93. The van der Waals surface area contributed by atoms with Crippen molar-refractivity contribution in [1.29, 1.82) is 0 Å². The summed E-state index contributed by atoms with van der Waals surface area (Å²) < 4.78 is 29.6. The van der Waals surface area contributed by atoms with Crippen molar-refractivity contribution in [1.82, 2.24) is 20.1 Å². The molecule has 1 aromatic heterocycles. The number of benzene rings is 2. The van der Waals surface area contributed by atoms with Crippen LogP contribution in [0.15, 0.2) is 48.8 Å². The molecule has 3 aromatic rings. The summed E-state index contributed by atoms with van der Waals surface area (Å²) in [4.78, 5) is 12.2. The van der Waals surface area contributed by atoms with E-state index in [1.54, 1.807) is 10.9 Å². The fraction of sp³-hybridized carbons (Fsp3) is 0.211. The number of hydrogen-bond acceptors (Lipinski definition) is 3. The molecule has 0 aliphatic carbocycles. The van der Waals surface area contributed by atoms with Gasteiger partial charge in [-0.25, -0.2) is 8.78 Å².